The maximum atomic E-state index is 11.0. The summed E-state index contributed by atoms with van der Waals surface area (Å²) in [4.78, 5) is 18.4. The molecule has 4 N–H and O–H groups in total. The van der Waals surface area contributed by atoms with Gasteiger partial charge in [0, 0.05) is 21.6 Å². The van der Waals surface area contributed by atoms with Crippen molar-refractivity contribution in [3.05, 3.63) is 0 Å². The fourth-order valence-electron chi connectivity index (χ4n) is 2.24. The Morgan fingerprint density at radius 1 is 1.28 bits per heavy atom. The standard InChI is InChI=1S/C7H17N2O6P3/c10-17(15-18(11,12)14-16)13-7-8-5-3-1-2-4-6(5)9-7/h5-10H,1-4,16H2,(H,11,12)/t5-,6?,7?,17?/m1/s1. The van der Waals surface area contributed by atoms with Crippen molar-refractivity contribution in [1.29, 1.82) is 0 Å². The number of phosphoric acid groups is 1. The van der Waals surface area contributed by atoms with Crippen LogP contribution in [0.15, 0.2) is 0 Å². The predicted octanol–water partition coefficient (Wildman–Crippen LogP) is 0.933. The van der Waals surface area contributed by atoms with Crippen molar-refractivity contribution in [1.82, 2.24) is 10.6 Å². The van der Waals surface area contributed by atoms with Crippen molar-refractivity contribution in [2.75, 3.05) is 0 Å². The maximum Gasteiger partial charge on any atom is 0.481 e. The molecule has 0 aromatic heterocycles. The minimum Gasteiger partial charge on any atom is -0.328 e. The molecule has 0 bridgehead atoms. The lowest BCUT2D eigenvalue weighted by atomic mass is 9.92. The first kappa shape index (κ1) is 15.2. The highest BCUT2D eigenvalue weighted by molar-refractivity contribution is 7.60. The Balaban J connectivity index is 1.78. The van der Waals surface area contributed by atoms with E-state index in [1.54, 1.807) is 9.47 Å². The van der Waals surface area contributed by atoms with Gasteiger partial charge in [-0.1, -0.05) is 12.8 Å². The first-order chi connectivity index (χ1) is 8.50. The lowest BCUT2D eigenvalue weighted by Crippen LogP contribution is -2.36. The van der Waals surface area contributed by atoms with E-state index in [0.717, 1.165) is 12.8 Å². The van der Waals surface area contributed by atoms with E-state index in [1.165, 1.54) is 12.8 Å². The van der Waals surface area contributed by atoms with Crippen LogP contribution >= 0.6 is 25.9 Å². The molecule has 1 aliphatic heterocycles. The first-order valence-electron chi connectivity index (χ1n) is 5.59. The Morgan fingerprint density at radius 2 is 1.83 bits per heavy atom. The van der Waals surface area contributed by atoms with E-state index in [9.17, 15) is 9.46 Å². The maximum absolute atomic E-state index is 11.0. The molecule has 2 rings (SSSR count). The minimum absolute atomic E-state index is 0.311. The van der Waals surface area contributed by atoms with Gasteiger partial charge in [0.15, 0.2) is 6.35 Å². The molecule has 1 saturated heterocycles. The third-order valence-electron chi connectivity index (χ3n) is 3.00. The molecule has 2 fully saturated rings. The van der Waals surface area contributed by atoms with Crippen molar-refractivity contribution < 1.29 is 27.5 Å². The molecule has 18 heavy (non-hydrogen) atoms. The molecule has 0 aromatic carbocycles. The molecule has 1 heterocycles. The summed E-state index contributed by atoms with van der Waals surface area (Å²) < 4.78 is 24.6. The largest absolute Gasteiger partial charge is 0.481 e. The number of rotatable bonds is 5. The topological polar surface area (TPSA) is 109 Å². The molecule has 0 amide bonds. The van der Waals surface area contributed by atoms with Crippen LogP contribution in [0.3, 0.4) is 0 Å². The molecule has 106 valence electrons. The van der Waals surface area contributed by atoms with Gasteiger partial charge < -0.3 is 9.79 Å². The summed E-state index contributed by atoms with van der Waals surface area (Å²) in [6.45, 7) is 0. The normalized spacial score (nSPS) is 36.9. The van der Waals surface area contributed by atoms with Crippen LogP contribution in [0.1, 0.15) is 25.7 Å². The Labute approximate surface area is 109 Å². The van der Waals surface area contributed by atoms with Crippen LogP contribution in [0.5, 0.6) is 0 Å². The zero-order chi connectivity index (χ0) is 13.2. The number of fused-ring (bicyclic) bond motifs is 1. The summed E-state index contributed by atoms with van der Waals surface area (Å²) in [6, 6.07) is 0.622. The van der Waals surface area contributed by atoms with E-state index < -0.39 is 22.8 Å². The Kier molecular flexibility index (Phi) is 5.50. The molecule has 5 unspecified atom stereocenters. The van der Waals surface area contributed by atoms with Gasteiger partial charge in [0.25, 0.3) is 0 Å². The van der Waals surface area contributed by atoms with E-state index in [0.29, 0.717) is 12.1 Å². The van der Waals surface area contributed by atoms with Crippen LogP contribution in [0.4, 0.5) is 0 Å². The Morgan fingerprint density at radius 3 is 2.33 bits per heavy atom. The van der Waals surface area contributed by atoms with Gasteiger partial charge >= 0.3 is 16.4 Å². The second-order valence-corrected chi connectivity index (χ2v) is 7.33. The van der Waals surface area contributed by atoms with Crippen molar-refractivity contribution >= 4 is 25.9 Å². The van der Waals surface area contributed by atoms with Crippen LogP contribution in [-0.4, -0.2) is 28.2 Å². The van der Waals surface area contributed by atoms with E-state index >= 15 is 0 Å². The SMILES string of the molecule is O=P(O)(OP)OP(O)OC1NC2CCCC[C@H]2N1. The third-order valence-corrected chi connectivity index (χ3v) is 5.84. The highest BCUT2D eigenvalue weighted by atomic mass is 31.3. The van der Waals surface area contributed by atoms with Crippen LogP contribution in [0, 0.1) is 0 Å². The van der Waals surface area contributed by atoms with Gasteiger partial charge in [-0.15, -0.1) is 0 Å². The first-order valence-corrected chi connectivity index (χ1v) is 8.69. The van der Waals surface area contributed by atoms with E-state index in [1.807, 2.05) is 0 Å². The van der Waals surface area contributed by atoms with Gasteiger partial charge in [0.1, 0.15) is 0 Å². The molecule has 1 aliphatic carbocycles. The Hall–Kier alpha value is 0.810. The molecule has 11 heteroatoms. The van der Waals surface area contributed by atoms with Gasteiger partial charge in [-0.3, -0.25) is 19.5 Å². The van der Waals surface area contributed by atoms with Crippen LogP contribution in [0.2, 0.25) is 0 Å². The van der Waals surface area contributed by atoms with Gasteiger partial charge in [0.2, 0.25) is 0 Å². The van der Waals surface area contributed by atoms with E-state index in [4.69, 9.17) is 9.42 Å². The zero-order valence-electron chi connectivity index (χ0n) is 9.56. The molecule has 0 aromatic rings. The molecule has 0 radical (unpaired) electrons. The second-order valence-electron chi connectivity index (χ2n) is 4.21. The van der Waals surface area contributed by atoms with Crippen molar-refractivity contribution in [3.63, 3.8) is 0 Å². The molecule has 0 spiro atoms. The van der Waals surface area contributed by atoms with Gasteiger partial charge in [0.05, 0.1) is 0 Å². The molecule has 6 atom stereocenters. The van der Waals surface area contributed by atoms with Crippen LogP contribution in [0.25, 0.3) is 0 Å². The van der Waals surface area contributed by atoms with Crippen molar-refractivity contribution in [2.24, 2.45) is 0 Å². The zero-order valence-corrected chi connectivity index (χ0v) is 12.5. The molecule has 1 saturated carbocycles. The average Bonchev–Trinajstić information content (AvgIpc) is 2.70. The molecule has 2 aliphatic rings. The van der Waals surface area contributed by atoms with Gasteiger partial charge in [-0.05, 0) is 12.8 Å². The summed E-state index contributed by atoms with van der Waals surface area (Å²) in [7, 11) is -5.14. The summed E-state index contributed by atoms with van der Waals surface area (Å²) in [5.74, 6) is 0. The summed E-state index contributed by atoms with van der Waals surface area (Å²) in [5, 5.41) is 6.31. The molecular weight excluding hydrogens is 301 g/mol. The summed E-state index contributed by atoms with van der Waals surface area (Å²) >= 11 is 0. The molecule has 8 nitrogen and oxygen atoms in total. The molecular formula is C7H17N2O6P3. The second kappa shape index (κ2) is 6.51. The lowest BCUT2D eigenvalue weighted by molar-refractivity contribution is 0.131. The average molecular weight is 318 g/mol. The van der Waals surface area contributed by atoms with Gasteiger partial charge in [-0.2, -0.15) is 0 Å². The van der Waals surface area contributed by atoms with Crippen molar-refractivity contribution in [3.8, 4) is 0 Å². The number of nitrogens with one attached hydrogen (secondary N) is 2. The van der Waals surface area contributed by atoms with Crippen LogP contribution in [-0.2, 0) is 17.7 Å². The summed E-state index contributed by atoms with van der Waals surface area (Å²) in [6.07, 6.45) is 3.86. The highest BCUT2D eigenvalue weighted by Crippen LogP contribution is 2.57. The van der Waals surface area contributed by atoms with E-state index in [-0.39, 0.29) is 0 Å². The fourth-order valence-corrected chi connectivity index (χ4v) is 3.91. The fraction of sp³-hybridized carbons (Fsp3) is 1.00. The highest BCUT2D eigenvalue weighted by Gasteiger charge is 2.37. The smallest absolute Gasteiger partial charge is 0.328 e. The third kappa shape index (κ3) is 4.15. The quantitative estimate of drug-likeness (QED) is 0.554. The van der Waals surface area contributed by atoms with Gasteiger partial charge in [-0.25, -0.2) is 8.88 Å². The van der Waals surface area contributed by atoms with Crippen LogP contribution < -0.4 is 10.6 Å². The van der Waals surface area contributed by atoms with E-state index in [2.05, 4.69) is 19.3 Å². The van der Waals surface area contributed by atoms with Crippen molar-refractivity contribution in [2.45, 2.75) is 44.1 Å². The monoisotopic (exact) mass is 318 g/mol. The minimum atomic E-state index is -4.26. The number of hydrogen-bond acceptors (Lipinski definition) is 7. The predicted molar refractivity (Wildman–Crippen MR) is 68.0 cm³/mol. The Bertz CT molecular complexity index is 320. The number of hydrogen-bond donors (Lipinski definition) is 4. The lowest BCUT2D eigenvalue weighted by Gasteiger charge is -2.23. The summed E-state index contributed by atoms with van der Waals surface area (Å²) in [5.41, 5.74) is 0.